The quantitative estimate of drug-likeness (QED) is 0.728. The van der Waals surface area contributed by atoms with Crippen LogP contribution in [0.1, 0.15) is 16.1 Å². The molecule has 2 heterocycles. The van der Waals surface area contributed by atoms with Gasteiger partial charge in [-0.3, -0.25) is 4.79 Å². The van der Waals surface area contributed by atoms with Gasteiger partial charge in [-0.05, 0) is 31.2 Å². The average molecular weight is 319 g/mol. The molecule has 4 rings (SSSR count). The van der Waals surface area contributed by atoms with Crippen molar-refractivity contribution < 1.29 is 9.53 Å². The summed E-state index contributed by atoms with van der Waals surface area (Å²) in [5.74, 6) is 0.690. The first-order valence-corrected chi connectivity index (χ1v) is 7.89. The molecule has 24 heavy (non-hydrogen) atoms. The summed E-state index contributed by atoms with van der Waals surface area (Å²) in [5.41, 5.74) is 3.18. The molecule has 0 atom stereocenters. The molecule has 0 fully saturated rings. The Labute approximate surface area is 140 Å². The van der Waals surface area contributed by atoms with Gasteiger partial charge in [-0.1, -0.05) is 30.3 Å². The zero-order valence-corrected chi connectivity index (χ0v) is 13.3. The molecular formula is C19H17N3O2. The van der Waals surface area contributed by atoms with E-state index in [0.29, 0.717) is 18.7 Å². The number of anilines is 1. The Morgan fingerprint density at radius 1 is 1.08 bits per heavy atom. The molecule has 5 heteroatoms. The number of carbonyl (C=O) groups is 1. The average Bonchev–Trinajstić information content (AvgIpc) is 3.03. The molecule has 1 aromatic heterocycles. The minimum absolute atomic E-state index is 0.0505. The molecule has 0 aliphatic carbocycles. The summed E-state index contributed by atoms with van der Waals surface area (Å²) < 4.78 is 7.42. The molecular weight excluding hydrogens is 302 g/mol. The third kappa shape index (κ3) is 2.34. The molecule has 120 valence electrons. The third-order valence-electron chi connectivity index (χ3n) is 4.21. The number of carbonyl (C=O) groups excluding carboxylic acids is 1. The lowest BCUT2D eigenvalue weighted by atomic mass is 10.1. The fraction of sp³-hybridized carbons (Fsp3) is 0.158. The first-order chi connectivity index (χ1) is 11.8. The maximum atomic E-state index is 13.0. The van der Waals surface area contributed by atoms with Crippen molar-refractivity contribution in [1.82, 2.24) is 9.78 Å². The lowest BCUT2D eigenvalue weighted by molar-refractivity contribution is 0.0976. The molecule has 0 spiro atoms. The fourth-order valence-electron chi connectivity index (χ4n) is 2.97. The number of para-hydroxylation sites is 3. The highest BCUT2D eigenvalue weighted by Gasteiger charge is 2.27. The number of aromatic nitrogens is 2. The van der Waals surface area contributed by atoms with E-state index in [4.69, 9.17) is 4.74 Å². The number of benzene rings is 2. The maximum absolute atomic E-state index is 13.0. The van der Waals surface area contributed by atoms with Gasteiger partial charge in [-0.15, -0.1) is 0 Å². The molecule has 1 aliphatic heterocycles. The highest BCUT2D eigenvalue weighted by Crippen LogP contribution is 2.32. The Morgan fingerprint density at radius 2 is 1.83 bits per heavy atom. The van der Waals surface area contributed by atoms with E-state index in [1.807, 2.05) is 61.5 Å². The molecule has 0 N–H and O–H groups in total. The van der Waals surface area contributed by atoms with E-state index in [2.05, 4.69) is 5.10 Å². The Kier molecular flexibility index (Phi) is 3.54. The van der Waals surface area contributed by atoms with Gasteiger partial charge in [0.1, 0.15) is 12.4 Å². The van der Waals surface area contributed by atoms with Gasteiger partial charge in [0, 0.05) is 0 Å². The van der Waals surface area contributed by atoms with Crippen LogP contribution >= 0.6 is 0 Å². The number of hydrogen-bond donors (Lipinski definition) is 0. The predicted molar refractivity (Wildman–Crippen MR) is 91.9 cm³/mol. The minimum atomic E-state index is -0.0505. The van der Waals surface area contributed by atoms with Crippen LogP contribution in [0.3, 0.4) is 0 Å². The smallest absolute Gasteiger partial charge is 0.261 e. The van der Waals surface area contributed by atoms with Crippen molar-refractivity contribution in [2.24, 2.45) is 0 Å². The number of ether oxygens (including phenoxy) is 1. The number of rotatable bonds is 2. The summed E-state index contributed by atoms with van der Waals surface area (Å²) >= 11 is 0. The van der Waals surface area contributed by atoms with Crippen LogP contribution in [0.25, 0.3) is 5.69 Å². The summed E-state index contributed by atoms with van der Waals surface area (Å²) in [6.07, 6.45) is 1.64. The topological polar surface area (TPSA) is 47.4 Å². The summed E-state index contributed by atoms with van der Waals surface area (Å²) in [7, 11) is 0. The predicted octanol–water partition coefficient (Wildman–Crippen LogP) is 3.22. The summed E-state index contributed by atoms with van der Waals surface area (Å²) in [6.45, 7) is 2.94. The lowest BCUT2D eigenvalue weighted by Gasteiger charge is -2.29. The lowest BCUT2D eigenvalue weighted by Crippen LogP contribution is -2.38. The highest BCUT2D eigenvalue weighted by atomic mass is 16.5. The van der Waals surface area contributed by atoms with Crippen molar-refractivity contribution in [3.63, 3.8) is 0 Å². The van der Waals surface area contributed by atoms with Crippen molar-refractivity contribution in [2.75, 3.05) is 18.1 Å². The molecule has 0 unspecified atom stereocenters. The van der Waals surface area contributed by atoms with Gasteiger partial charge in [0.25, 0.3) is 5.91 Å². The number of nitrogens with zero attached hydrogens (tertiary/aromatic N) is 3. The van der Waals surface area contributed by atoms with Crippen LogP contribution in [0, 0.1) is 6.92 Å². The Morgan fingerprint density at radius 3 is 2.67 bits per heavy atom. The molecule has 3 aromatic rings. The van der Waals surface area contributed by atoms with E-state index in [1.165, 1.54) is 0 Å². The van der Waals surface area contributed by atoms with Gasteiger partial charge < -0.3 is 9.64 Å². The zero-order valence-electron chi connectivity index (χ0n) is 13.3. The molecule has 2 aromatic carbocycles. The van der Waals surface area contributed by atoms with Crippen LogP contribution in [0.4, 0.5) is 5.69 Å². The van der Waals surface area contributed by atoms with Crippen LogP contribution < -0.4 is 9.64 Å². The second-order valence-electron chi connectivity index (χ2n) is 5.66. The van der Waals surface area contributed by atoms with Gasteiger partial charge in [-0.2, -0.15) is 5.10 Å². The molecule has 0 radical (unpaired) electrons. The Balaban J connectivity index is 1.71. The summed E-state index contributed by atoms with van der Waals surface area (Å²) in [5, 5.41) is 4.40. The zero-order chi connectivity index (χ0) is 16.5. The van der Waals surface area contributed by atoms with Gasteiger partial charge in [-0.25, -0.2) is 4.68 Å². The molecule has 0 saturated heterocycles. The van der Waals surface area contributed by atoms with Crippen molar-refractivity contribution in [3.8, 4) is 11.4 Å². The molecule has 0 bridgehead atoms. The largest absolute Gasteiger partial charge is 0.490 e. The van der Waals surface area contributed by atoms with Gasteiger partial charge in [0.2, 0.25) is 0 Å². The van der Waals surface area contributed by atoms with E-state index < -0.39 is 0 Å². The SMILES string of the molecule is Cc1c(C(=O)N2CCOc3ccccc32)cnn1-c1ccccc1. The first kappa shape index (κ1) is 14.5. The Bertz CT molecular complexity index is 887. The van der Waals surface area contributed by atoms with E-state index in [1.54, 1.807) is 15.8 Å². The normalized spacial score (nSPS) is 13.3. The van der Waals surface area contributed by atoms with Crippen molar-refractivity contribution in [2.45, 2.75) is 6.92 Å². The van der Waals surface area contributed by atoms with Crippen LogP contribution in [-0.4, -0.2) is 28.8 Å². The highest BCUT2D eigenvalue weighted by molar-refractivity contribution is 6.07. The fourth-order valence-corrected chi connectivity index (χ4v) is 2.97. The minimum Gasteiger partial charge on any atom is -0.490 e. The van der Waals surface area contributed by atoms with Gasteiger partial charge >= 0.3 is 0 Å². The number of hydrogen-bond acceptors (Lipinski definition) is 3. The number of amides is 1. The van der Waals surface area contributed by atoms with Gasteiger partial charge in [0.15, 0.2) is 0 Å². The molecule has 1 aliphatic rings. The van der Waals surface area contributed by atoms with Crippen molar-refractivity contribution in [3.05, 3.63) is 72.1 Å². The second-order valence-corrected chi connectivity index (χ2v) is 5.66. The third-order valence-corrected chi connectivity index (χ3v) is 4.21. The second kappa shape index (κ2) is 5.85. The number of fused-ring (bicyclic) bond motifs is 1. The van der Waals surface area contributed by atoms with E-state index in [9.17, 15) is 4.79 Å². The summed E-state index contributed by atoms with van der Waals surface area (Å²) in [4.78, 5) is 14.8. The standard InChI is InChI=1S/C19H17N3O2/c1-14-16(13-20-22(14)15-7-3-2-4-8-15)19(23)21-11-12-24-18-10-6-5-9-17(18)21/h2-10,13H,11-12H2,1H3. The first-order valence-electron chi connectivity index (χ1n) is 7.89. The van der Waals surface area contributed by atoms with E-state index in [0.717, 1.165) is 22.8 Å². The van der Waals surface area contributed by atoms with Crippen LogP contribution in [-0.2, 0) is 0 Å². The van der Waals surface area contributed by atoms with E-state index in [-0.39, 0.29) is 5.91 Å². The van der Waals surface area contributed by atoms with Crippen LogP contribution in [0.5, 0.6) is 5.75 Å². The Hall–Kier alpha value is -3.08. The summed E-state index contributed by atoms with van der Waals surface area (Å²) in [6, 6.07) is 17.4. The molecule has 1 amide bonds. The maximum Gasteiger partial charge on any atom is 0.261 e. The van der Waals surface area contributed by atoms with E-state index >= 15 is 0 Å². The molecule has 5 nitrogen and oxygen atoms in total. The van der Waals surface area contributed by atoms with Gasteiger partial charge in [0.05, 0.1) is 35.4 Å². The molecule has 0 saturated carbocycles. The monoisotopic (exact) mass is 319 g/mol. The van der Waals surface area contributed by atoms with Crippen LogP contribution in [0.15, 0.2) is 60.8 Å². The van der Waals surface area contributed by atoms with Crippen molar-refractivity contribution in [1.29, 1.82) is 0 Å². The van der Waals surface area contributed by atoms with Crippen LogP contribution in [0.2, 0.25) is 0 Å². The van der Waals surface area contributed by atoms with Crippen molar-refractivity contribution >= 4 is 11.6 Å².